The zero-order chi connectivity index (χ0) is 8.27. The van der Waals surface area contributed by atoms with Gasteiger partial charge in [-0.3, -0.25) is 10.1 Å². The maximum Gasteiger partial charge on any atom is 0.322 e. The Balaban J connectivity index is 2.35. The summed E-state index contributed by atoms with van der Waals surface area (Å²) in [6.45, 7) is 0.0908. The van der Waals surface area contributed by atoms with E-state index >= 15 is 0 Å². The number of hydrogen-bond acceptors (Lipinski definition) is 4. The van der Waals surface area contributed by atoms with Crippen molar-refractivity contribution in [2.45, 2.75) is 24.9 Å². The van der Waals surface area contributed by atoms with Crippen molar-refractivity contribution in [1.29, 1.82) is 0 Å². The van der Waals surface area contributed by atoms with Crippen molar-refractivity contribution in [3.05, 3.63) is 0 Å². The molecule has 1 saturated heterocycles. The fraction of sp³-hybridized carbons (Fsp3) is 0.857. The van der Waals surface area contributed by atoms with E-state index in [2.05, 4.69) is 10.1 Å². The molecule has 4 nitrogen and oxygen atoms in total. The monoisotopic (exact) mass is 159 g/mol. The van der Waals surface area contributed by atoms with Gasteiger partial charge >= 0.3 is 5.97 Å². The van der Waals surface area contributed by atoms with Crippen LogP contribution in [0, 0.1) is 0 Å². The van der Waals surface area contributed by atoms with Crippen molar-refractivity contribution in [1.82, 2.24) is 5.32 Å². The second kappa shape index (κ2) is 3.69. The van der Waals surface area contributed by atoms with Gasteiger partial charge in [0.1, 0.15) is 6.04 Å². The number of nitrogens with one attached hydrogen (secondary N) is 1. The minimum atomic E-state index is -0.235. The molecule has 0 spiro atoms. The Morgan fingerprint density at radius 3 is 2.91 bits per heavy atom. The third kappa shape index (κ3) is 1.91. The summed E-state index contributed by atoms with van der Waals surface area (Å²) in [4.78, 5) is 10.9. The van der Waals surface area contributed by atoms with Gasteiger partial charge in [-0.05, 0) is 12.8 Å². The Morgan fingerprint density at radius 1 is 1.73 bits per heavy atom. The Morgan fingerprint density at radius 2 is 2.45 bits per heavy atom. The molecule has 0 aromatic rings. The van der Waals surface area contributed by atoms with Crippen LogP contribution in [0.1, 0.15) is 12.8 Å². The van der Waals surface area contributed by atoms with Crippen molar-refractivity contribution >= 4 is 5.97 Å². The van der Waals surface area contributed by atoms with E-state index in [0.717, 1.165) is 12.8 Å². The van der Waals surface area contributed by atoms with Crippen molar-refractivity contribution in [2.75, 3.05) is 13.7 Å². The molecule has 0 aliphatic carbocycles. The van der Waals surface area contributed by atoms with Crippen LogP contribution in [0.15, 0.2) is 0 Å². The van der Waals surface area contributed by atoms with Crippen molar-refractivity contribution < 1.29 is 14.6 Å². The SMILES string of the molecule is COC(=O)C1CCC(CO)N1. The van der Waals surface area contributed by atoms with Gasteiger partial charge in [-0.15, -0.1) is 0 Å². The first-order valence-electron chi connectivity index (χ1n) is 3.72. The van der Waals surface area contributed by atoms with Crippen molar-refractivity contribution in [2.24, 2.45) is 0 Å². The number of ether oxygens (including phenoxy) is 1. The highest BCUT2D eigenvalue weighted by molar-refractivity contribution is 5.76. The van der Waals surface area contributed by atoms with Crippen LogP contribution >= 0.6 is 0 Å². The molecule has 2 atom stereocenters. The maximum atomic E-state index is 10.9. The average Bonchev–Trinajstić information content (AvgIpc) is 2.50. The smallest absolute Gasteiger partial charge is 0.322 e. The van der Waals surface area contributed by atoms with Gasteiger partial charge in [-0.25, -0.2) is 0 Å². The third-order valence-corrected chi connectivity index (χ3v) is 1.95. The average molecular weight is 159 g/mol. The molecular weight excluding hydrogens is 146 g/mol. The fourth-order valence-corrected chi connectivity index (χ4v) is 1.29. The molecule has 1 fully saturated rings. The molecular formula is C7H13NO3. The number of esters is 1. The molecule has 0 aromatic carbocycles. The minimum Gasteiger partial charge on any atom is -0.468 e. The molecule has 0 amide bonds. The lowest BCUT2D eigenvalue weighted by atomic mass is 10.2. The summed E-state index contributed by atoms with van der Waals surface area (Å²) < 4.78 is 4.54. The summed E-state index contributed by atoms with van der Waals surface area (Å²) in [6.07, 6.45) is 1.61. The molecule has 1 rings (SSSR count). The number of carbonyl (C=O) groups is 1. The highest BCUT2D eigenvalue weighted by atomic mass is 16.5. The predicted molar refractivity (Wildman–Crippen MR) is 39.0 cm³/mol. The van der Waals surface area contributed by atoms with Crippen LogP contribution in [-0.4, -0.2) is 36.9 Å². The van der Waals surface area contributed by atoms with Crippen LogP contribution in [0.4, 0.5) is 0 Å². The summed E-state index contributed by atoms with van der Waals surface area (Å²) in [5.74, 6) is -0.235. The molecule has 2 N–H and O–H groups in total. The van der Waals surface area contributed by atoms with Crippen LogP contribution in [-0.2, 0) is 9.53 Å². The van der Waals surface area contributed by atoms with E-state index in [1.54, 1.807) is 0 Å². The quantitative estimate of drug-likeness (QED) is 0.522. The van der Waals surface area contributed by atoms with Gasteiger partial charge in [0.2, 0.25) is 0 Å². The second-order valence-corrected chi connectivity index (χ2v) is 2.70. The van der Waals surface area contributed by atoms with Crippen LogP contribution < -0.4 is 5.32 Å². The van der Waals surface area contributed by atoms with Gasteiger partial charge in [0.05, 0.1) is 13.7 Å². The van der Waals surface area contributed by atoms with Crippen LogP contribution in [0.3, 0.4) is 0 Å². The molecule has 2 unspecified atom stereocenters. The Labute approximate surface area is 65.5 Å². The number of aliphatic hydroxyl groups excluding tert-OH is 1. The van der Waals surface area contributed by atoms with Gasteiger partial charge in [-0.2, -0.15) is 0 Å². The zero-order valence-corrected chi connectivity index (χ0v) is 6.54. The summed E-state index contributed by atoms with van der Waals surface area (Å²) in [5.41, 5.74) is 0. The number of methoxy groups -OCH3 is 1. The molecule has 0 saturated carbocycles. The standard InChI is InChI=1S/C7H13NO3/c1-11-7(10)6-3-2-5(4-9)8-6/h5-6,8-9H,2-4H2,1H3. The number of rotatable bonds is 2. The third-order valence-electron chi connectivity index (χ3n) is 1.95. The van der Waals surface area contributed by atoms with Crippen LogP contribution in [0.25, 0.3) is 0 Å². The number of carbonyl (C=O) groups excluding carboxylic acids is 1. The van der Waals surface area contributed by atoms with E-state index in [9.17, 15) is 4.79 Å². The zero-order valence-electron chi connectivity index (χ0n) is 6.54. The topological polar surface area (TPSA) is 58.6 Å². The number of hydrogen-bond donors (Lipinski definition) is 2. The first-order valence-corrected chi connectivity index (χ1v) is 3.72. The Bertz CT molecular complexity index is 149. The summed E-state index contributed by atoms with van der Waals surface area (Å²) in [6, 6.07) is -0.142. The van der Waals surface area contributed by atoms with Gasteiger partial charge < -0.3 is 9.84 Å². The van der Waals surface area contributed by atoms with E-state index in [1.807, 2.05) is 0 Å². The normalized spacial score (nSPS) is 30.4. The van der Waals surface area contributed by atoms with Gasteiger partial charge in [0.15, 0.2) is 0 Å². The van der Waals surface area contributed by atoms with E-state index in [1.165, 1.54) is 7.11 Å². The summed E-state index contributed by atoms with van der Waals surface area (Å²) in [5, 5.41) is 11.7. The maximum absolute atomic E-state index is 10.9. The molecule has 1 heterocycles. The molecule has 1 aliphatic rings. The lowest BCUT2D eigenvalue weighted by Gasteiger charge is -2.09. The van der Waals surface area contributed by atoms with Crippen LogP contribution in [0.5, 0.6) is 0 Å². The van der Waals surface area contributed by atoms with Crippen molar-refractivity contribution in [3.8, 4) is 0 Å². The van der Waals surface area contributed by atoms with E-state index in [-0.39, 0.29) is 24.7 Å². The van der Waals surface area contributed by atoms with Gasteiger partial charge in [-0.1, -0.05) is 0 Å². The van der Waals surface area contributed by atoms with Crippen molar-refractivity contribution in [3.63, 3.8) is 0 Å². The molecule has 0 radical (unpaired) electrons. The second-order valence-electron chi connectivity index (χ2n) is 2.70. The summed E-state index contributed by atoms with van der Waals surface area (Å²) >= 11 is 0. The lowest BCUT2D eigenvalue weighted by Crippen LogP contribution is -2.37. The first kappa shape index (κ1) is 8.49. The Hall–Kier alpha value is -0.610. The number of aliphatic hydroxyl groups is 1. The highest BCUT2D eigenvalue weighted by Gasteiger charge is 2.28. The van der Waals surface area contributed by atoms with Crippen LogP contribution in [0.2, 0.25) is 0 Å². The largest absolute Gasteiger partial charge is 0.468 e. The highest BCUT2D eigenvalue weighted by Crippen LogP contribution is 2.12. The lowest BCUT2D eigenvalue weighted by molar-refractivity contribution is -0.142. The predicted octanol–water partition coefficient (Wildman–Crippen LogP) is -0.728. The Kier molecular flexibility index (Phi) is 2.84. The minimum absolute atomic E-state index is 0.0686. The molecule has 0 aromatic heterocycles. The van der Waals surface area contributed by atoms with Gasteiger partial charge in [0.25, 0.3) is 0 Å². The molecule has 64 valence electrons. The first-order chi connectivity index (χ1) is 5.27. The molecule has 4 heteroatoms. The van der Waals surface area contributed by atoms with Gasteiger partial charge in [0, 0.05) is 6.04 Å². The molecule has 0 bridgehead atoms. The van der Waals surface area contributed by atoms with E-state index in [4.69, 9.17) is 5.11 Å². The fourth-order valence-electron chi connectivity index (χ4n) is 1.29. The summed E-state index contributed by atoms with van der Waals surface area (Å²) in [7, 11) is 1.37. The molecule has 11 heavy (non-hydrogen) atoms. The van der Waals surface area contributed by atoms with E-state index in [0.29, 0.717) is 0 Å². The molecule has 1 aliphatic heterocycles. The van der Waals surface area contributed by atoms with E-state index < -0.39 is 0 Å².